The molecule has 4 heteroatoms. The molecule has 0 amide bonds. The molecule has 0 aliphatic heterocycles. The number of rotatable bonds is 3. The van der Waals surface area contributed by atoms with Crippen molar-refractivity contribution < 1.29 is 19.4 Å². The molecule has 0 radical (unpaired) electrons. The van der Waals surface area contributed by atoms with Crippen molar-refractivity contribution >= 4 is 5.97 Å². The lowest BCUT2D eigenvalue weighted by molar-refractivity contribution is -0.153. The maximum atomic E-state index is 11.7. The van der Waals surface area contributed by atoms with E-state index in [0.717, 1.165) is 23.3 Å². The van der Waals surface area contributed by atoms with Crippen molar-refractivity contribution in [2.45, 2.75) is 25.9 Å². The van der Waals surface area contributed by atoms with E-state index in [1.165, 1.54) is 0 Å². The highest BCUT2D eigenvalue weighted by atomic mass is 16.5. The van der Waals surface area contributed by atoms with Gasteiger partial charge < -0.3 is 14.6 Å². The van der Waals surface area contributed by atoms with Gasteiger partial charge in [-0.25, -0.2) is 0 Å². The first-order valence-corrected chi connectivity index (χ1v) is 6.19. The molecular weight excluding hydrogens is 232 g/mol. The molecule has 0 saturated heterocycles. The van der Waals surface area contributed by atoms with Crippen LogP contribution in [0, 0.1) is 5.92 Å². The summed E-state index contributed by atoms with van der Waals surface area (Å²) in [5, 5.41) is 10.2. The Morgan fingerprint density at radius 3 is 2.94 bits per heavy atom. The van der Waals surface area contributed by atoms with Gasteiger partial charge in [0.1, 0.15) is 5.75 Å². The van der Waals surface area contributed by atoms with E-state index in [2.05, 4.69) is 0 Å². The second kappa shape index (κ2) is 5.40. The summed E-state index contributed by atoms with van der Waals surface area (Å²) in [6, 6.07) is 5.54. The predicted molar refractivity (Wildman–Crippen MR) is 66.4 cm³/mol. The molecule has 1 aromatic carbocycles. The third-order valence-corrected chi connectivity index (χ3v) is 3.36. The highest BCUT2D eigenvalue weighted by Crippen LogP contribution is 2.36. The van der Waals surface area contributed by atoms with Crippen LogP contribution < -0.4 is 4.74 Å². The fraction of sp³-hybridized carbons (Fsp3) is 0.500. The number of hydrogen-bond donors (Lipinski definition) is 1. The minimum atomic E-state index is -0.779. The van der Waals surface area contributed by atoms with Gasteiger partial charge in [-0.2, -0.15) is 0 Å². The fourth-order valence-corrected chi connectivity index (χ4v) is 2.40. The van der Waals surface area contributed by atoms with Crippen LogP contribution >= 0.6 is 0 Å². The number of methoxy groups -OCH3 is 1. The van der Waals surface area contributed by atoms with Gasteiger partial charge in [0.2, 0.25) is 0 Å². The van der Waals surface area contributed by atoms with Crippen LogP contribution in [0.25, 0.3) is 0 Å². The Bertz CT molecular complexity index is 441. The molecule has 0 unspecified atom stereocenters. The summed E-state index contributed by atoms with van der Waals surface area (Å²) < 4.78 is 10.1. The van der Waals surface area contributed by atoms with Crippen LogP contribution in [0.2, 0.25) is 0 Å². The van der Waals surface area contributed by atoms with Crippen LogP contribution in [0.4, 0.5) is 0 Å². The van der Waals surface area contributed by atoms with Gasteiger partial charge in [0.15, 0.2) is 0 Å². The number of carbonyl (C=O) groups is 1. The Balaban J connectivity index is 2.23. The molecule has 4 nitrogen and oxygen atoms in total. The van der Waals surface area contributed by atoms with E-state index in [0.29, 0.717) is 13.0 Å². The second-order valence-corrected chi connectivity index (χ2v) is 4.41. The molecule has 0 spiro atoms. The highest BCUT2D eigenvalue weighted by Gasteiger charge is 2.34. The van der Waals surface area contributed by atoms with Crippen LogP contribution in [0.15, 0.2) is 18.2 Å². The van der Waals surface area contributed by atoms with Gasteiger partial charge >= 0.3 is 5.97 Å². The molecule has 1 N–H and O–H groups in total. The Morgan fingerprint density at radius 1 is 1.50 bits per heavy atom. The Morgan fingerprint density at radius 2 is 2.28 bits per heavy atom. The van der Waals surface area contributed by atoms with Gasteiger partial charge in [-0.3, -0.25) is 4.79 Å². The summed E-state index contributed by atoms with van der Waals surface area (Å²) >= 11 is 0. The predicted octanol–water partition coefficient (Wildman–Crippen LogP) is 1.85. The number of hydrogen-bond acceptors (Lipinski definition) is 4. The van der Waals surface area contributed by atoms with Gasteiger partial charge in [0, 0.05) is 0 Å². The molecular formula is C14H18O4. The average molecular weight is 250 g/mol. The van der Waals surface area contributed by atoms with Crippen molar-refractivity contribution in [1.82, 2.24) is 0 Å². The normalized spacial score (nSPS) is 22.2. The van der Waals surface area contributed by atoms with Gasteiger partial charge in [-0.05, 0) is 43.0 Å². The Hall–Kier alpha value is -1.55. The number of ether oxygens (including phenoxy) is 2. The molecule has 98 valence electrons. The lowest BCUT2D eigenvalue weighted by Gasteiger charge is -2.28. The van der Waals surface area contributed by atoms with Crippen molar-refractivity contribution in [3.63, 3.8) is 0 Å². The van der Waals surface area contributed by atoms with Gasteiger partial charge in [0.05, 0.1) is 25.7 Å². The number of aliphatic hydroxyl groups is 1. The molecule has 1 aliphatic carbocycles. The number of aliphatic hydroxyl groups excluding tert-OH is 1. The summed E-state index contributed by atoms with van der Waals surface area (Å²) in [7, 11) is 1.61. The van der Waals surface area contributed by atoms with E-state index in [-0.39, 0.29) is 5.97 Å². The monoisotopic (exact) mass is 250 g/mol. The number of benzene rings is 1. The molecule has 0 aromatic heterocycles. The van der Waals surface area contributed by atoms with Crippen LogP contribution in [-0.4, -0.2) is 24.8 Å². The SMILES string of the molecule is CCOC(=O)[C@H]1CCc2cc(OC)ccc2[C@H]1O. The van der Waals surface area contributed by atoms with E-state index in [4.69, 9.17) is 9.47 Å². The summed E-state index contributed by atoms with van der Waals surface area (Å²) in [4.78, 5) is 11.7. The molecule has 1 aromatic rings. The van der Waals surface area contributed by atoms with E-state index in [1.807, 2.05) is 12.1 Å². The molecule has 0 bridgehead atoms. The number of carbonyl (C=O) groups excluding carboxylic acids is 1. The fourth-order valence-electron chi connectivity index (χ4n) is 2.40. The van der Waals surface area contributed by atoms with Crippen molar-refractivity contribution in [2.24, 2.45) is 5.92 Å². The van der Waals surface area contributed by atoms with E-state index < -0.39 is 12.0 Å². The van der Waals surface area contributed by atoms with Crippen molar-refractivity contribution in [3.8, 4) is 5.75 Å². The standard InChI is InChI=1S/C14H18O4/c1-3-18-14(16)12-6-4-9-8-10(17-2)5-7-11(9)13(12)15/h5,7-8,12-13,15H,3-4,6H2,1-2H3/t12-,13+/m0/s1. The lowest BCUT2D eigenvalue weighted by Crippen LogP contribution is -2.29. The van der Waals surface area contributed by atoms with Crippen molar-refractivity contribution in [2.75, 3.05) is 13.7 Å². The third kappa shape index (κ3) is 2.34. The number of esters is 1. The van der Waals surface area contributed by atoms with Crippen LogP contribution in [0.1, 0.15) is 30.6 Å². The average Bonchev–Trinajstić information content (AvgIpc) is 2.38. The zero-order valence-electron chi connectivity index (χ0n) is 10.7. The molecule has 1 aliphatic rings. The summed E-state index contributed by atoms with van der Waals surface area (Å²) in [6.45, 7) is 2.11. The van der Waals surface area contributed by atoms with E-state index in [9.17, 15) is 9.90 Å². The molecule has 18 heavy (non-hydrogen) atoms. The lowest BCUT2D eigenvalue weighted by atomic mass is 9.81. The first-order valence-electron chi connectivity index (χ1n) is 6.19. The third-order valence-electron chi connectivity index (χ3n) is 3.36. The molecule has 0 heterocycles. The minimum absolute atomic E-state index is 0.313. The first-order chi connectivity index (χ1) is 8.67. The Labute approximate surface area is 107 Å². The van der Waals surface area contributed by atoms with Crippen LogP contribution in [0.5, 0.6) is 5.75 Å². The molecule has 0 fully saturated rings. The molecule has 2 atom stereocenters. The molecule has 2 rings (SSSR count). The smallest absolute Gasteiger partial charge is 0.311 e. The maximum Gasteiger partial charge on any atom is 0.311 e. The minimum Gasteiger partial charge on any atom is -0.497 e. The summed E-state index contributed by atoms with van der Waals surface area (Å²) in [5.41, 5.74) is 1.85. The largest absolute Gasteiger partial charge is 0.497 e. The van der Waals surface area contributed by atoms with Crippen LogP contribution in [0.3, 0.4) is 0 Å². The van der Waals surface area contributed by atoms with Crippen LogP contribution in [-0.2, 0) is 16.0 Å². The maximum absolute atomic E-state index is 11.7. The number of fused-ring (bicyclic) bond motifs is 1. The first kappa shape index (κ1) is 12.9. The molecule has 0 saturated carbocycles. The van der Waals surface area contributed by atoms with E-state index >= 15 is 0 Å². The van der Waals surface area contributed by atoms with Gasteiger partial charge in [-0.1, -0.05) is 6.07 Å². The zero-order chi connectivity index (χ0) is 13.1. The van der Waals surface area contributed by atoms with E-state index in [1.54, 1.807) is 20.1 Å². The van der Waals surface area contributed by atoms with Crippen molar-refractivity contribution in [3.05, 3.63) is 29.3 Å². The summed E-state index contributed by atoms with van der Waals surface area (Å²) in [5.74, 6) is 0.00727. The quantitative estimate of drug-likeness (QED) is 0.832. The Kier molecular flexibility index (Phi) is 3.87. The second-order valence-electron chi connectivity index (χ2n) is 4.41. The summed E-state index contributed by atoms with van der Waals surface area (Å²) in [6.07, 6.45) is 0.589. The van der Waals surface area contributed by atoms with Crippen molar-refractivity contribution in [1.29, 1.82) is 0 Å². The number of aryl methyl sites for hydroxylation is 1. The highest BCUT2D eigenvalue weighted by molar-refractivity contribution is 5.74. The topological polar surface area (TPSA) is 55.8 Å². The van der Waals surface area contributed by atoms with Gasteiger partial charge in [-0.15, -0.1) is 0 Å². The van der Waals surface area contributed by atoms with Gasteiger partial charge in [0.25, 0.3) is 0 Å². The zero-order valence-corrected chi connectivity index (χ0v) is 10.7.